The summed E-state index contributed by atoms with van der Waals surface area (Å²) < 4.78 is 0. The van der Waals surface area contributed by atoms with Crippen LogP contribution in [-0.4, -0.2) is 30.1 Å². The topological polar surface area (TPSA) is 29.3 Å². The first-order valence-electron chi connectivity index (χ1n) is 7.99. The standard InChI is InChI=1S/C16H32N2/c1-4-15(3)8-10-18(11-9-15)16(13-17)7-5-6-14(2)12-16/h14H,4-13,17H2,1-3H3. The van der Waals surface area contributed by atoms with Gasteiger partial charge in [0.25, 0.3) is 0 Å². The Labute approximate surface area is 113 Å². The molecule has 2 aliphatic rings. The van der Waals surface area contributed by atoms with Crippen LogP contribution in [0.25, 0.3) is 0 Å². The molecule has 1 aliphatic carbocycles. The third-order valence-electron chi connectivity index (χ3n) is 5.94. The maximum Gasteiger partial charge on any atom is 0.0334 e. The molecule has 2 fully saturated rings. The Morgan fingerprint density at radius 3 is 2.39 bits per heavy atom. The lowest BCUT2D eigenvalue weighted by molar-refractivity contribution is -0.00743. The first-order chi connectivity index (χ1) is 8.53. The summed E-state index contributed by atoms with van der Waals surface area (Å²) >= 11 is 0. The highest BCUT2D eigenvalue weighted by molar-refractivity contribution is 4.98. The van der Waals surface area contributed by atoms with Crippen LogP contribution in [0.3, 0.4) is 0 Å². The van der Waals surface area contributed by atoms with Crippen LogP contribution < -0.4 is 5.73 Å². The number of rotatable bonds is 3. The van der Waals surface area contributed by atoms with E-state index >= 15 is 0 Å². The van der Waals surface area contributed by atoms with E-state index in [9.17, 15) is 0 Å². The van der Waals surface area contributed by atoms with Gasteiger partial charge in [-0.2, -0.15) is 0 Å². The molecule has 18 heavy (non-hydrogen) atoms. The van der Waals surface area contributed by atoms with Gasteiger partial charge in [0, 0.05) is 12.1 Å². The summed E-state index contributed by atoms with van der Waals surface area (Å²) in [6.45, 7) is 10.6. The normalized spacial score (nSPS) is 37.7. The van der Waals surface area contributed by atoms with Gasteiger partial charge in [-0.3, -0.25) is 4.90 Å². The van der Waals surface area contributed by atoms with Crippen LogP contribution in [0.2, 0.25) is 0 Å². The highest BCUT2D eigenvalue weighted by atomic mass is 15.2. The summed E-state index contributed by atoms with van der Waals surface area (Å²) in [6, 6.07) is 0. The predicted molar refractivity (Wildman–Crippen MR) is 78.6 cm³/mol. The van der Waals surface area contributed by atoms with Crippen LogP contribution in [-0.2, 0) is 0 Å². The average molecular weight is 252 g/mol. The van der Waals surface area contributed by atoms with Crippen molar-refractivity contribution in [2.45, 2.75) is 71.3 Å². The van der Waals surface area contributed by atoms with Gasteiger partial charge in [0.2, 0.25) is 0 Å². The maximum absolute atomic E-state index is 6.19. The fourth-order valence-corrected chi connectivity index (χ4v) is 4.11. The molecule has 0 aromatic carbocycles. The summed E-state index contributed by atoms with van der Waals surface area (Å²) in [7, 11) is 0. The first-order valence-corrected chi connectivity index (χ1v) is 7.99. The molecule has 1 saturated heterocycles. The summed E-state index contributed by atoms with van der Waals surface area (Å²) in [6.07, 6.45) is 9.48. The second kappa shape index (κ2) is 5.50. The van der Waals surface area contributed by atoms with Gasteiger partial charge in [-0.15, -0.1) is 0 Å². The molecule has 0 aromatic rings. The summed E-state index contributed by atoms with van der Waals surface area (Å²) in [5.41, 5.74) is 7.12. The third-order valence-corrected chi connectivity index (χ3v) is 5.94. The first kappa shape index (κ1) is 14.3. The lowest BCUT2D eigenvalue weighted by Gasteiger charge is -2.52. The van der Waals surface area contributed by atoms with Crippen molar-refractivity contribution >= 4 is 0 Å². The lowest BCUT2D eigenvalue weighted by Crippen LogP contribution is -2.59. The van der Waals surface area contributed by atoms with Crippen molar-refractivity contribution < 1.29 is 0 Å². The Kier molecular flexibility index (Phi) is 4.38. The van der Waals surface area contributed by atoms with Crippen LogP contribution >= 0.6 is 0 Å². The zero-order chi connectivity index (χ0) is 13.2. The largest absolute Gasteiger partial charge is 0.329 e. The molecule has 0 spiro atoms. The van der Waals surface area contributed by atoms with Crippen molar-refractivity contribution in [1.29, 1.82) is 0 Å². The average Bonchev–Trinajstić information content (AvgIpc) is 2.39. The Morgan fingerprint density at radius 2 is 1.89 bits per heavy atom. The van der Waals surface area contributed by atoms with Crippen molar-refractivity contribution in [2.75, 3.05) is 19.6 Å². The molecule has 2 N–H and O–H groups in total. The van der Waals surface area contributed by atoms with E-state index in [0.29, 0.717) is 11.0 Å². The van der Waals surface area contributed by atoms with Crippen LogP contribution in [0.5, 0.6) is 0 Å². The van der Waals surface area contributed by atoms with Gasteiger partial charge in [0.1, 0.15) is 0 Å². The molecule has 1 heterocycles. The predicted octanol–water partition coefficient (Wildman–Crippen LogP) is 3.41. The van der Waals surface area contributed by atoms with E-state index in [0.717, 1.165) is 12.5 Å². The molecular weight excluding hydrogens is 220 g/mol. The van der Waals surface area contributed by atoms with Gasteiger partial charge in [-0.05, 0) is 50.1 Å². The number of nitrogens with two attached hydrogens (primary N) is 1. The molecule has 2 heteroatoms. The molecule has 0 amide bonds. The molecule has 2 nitrogen and oxygen atoms in total. The van der Waals surface area contributed by atoms with Gasteiger partial charge in [0.05, 0.1) is 0 Å². The van der Waals surface area contributed by atoms with E-state index < -0.39 is 0 Å². The Morgan fingerprint density at radius 1 is 1.22 bits per heavy atom. The summed E-state index contributed by atoms with van der Waals surface area (Å²) in [5.74, 6) is 0.863. The zero-order valence-corrected chi connectivity index (χ0v) is 12.7. The minimum atomic E-state index is 0.340. The summed E-state index contributed by atoms with van der Waals surface area (Å²) in [5, 5.41) is 0. The molecule has 1 aliphatic heterocycles. The zero-order valence-electron chi connectivity index (χ0n) is 12.7. The van der Waals surface area contributed by atoms with Gasteiger partial charge in [-0.25, -0.2) is 0 Å². The fraction of sp³-hybridized carbons (Fsp3) is 1.00. The molecule has 0 aromatic heterocycles. The fourth-order valence-electron chi connectivity index (χ4n) is 4.11. The molecule has 0 radical (unpaired) electrons. The number of likely N-dealkylation sites (tertiary alicyclic amines) is 1. The van der Waals surface area contributed by atoms with Crippen LogP contribution in [0.1, 0.15) is 65.7 Å². The van der Waals surface area contributed by atoms with E-state index in [1.54, 1.807) is 0 Å². The monoisotopic (exact) mass is 252 g/mol. The summed E-state index contributed by atoms with van der Waals surface area (Å²) in [4.78, 5) is 2.75. The van der Waals surface area contributed by atoms with Crippen LogP contribution in [0.4, 0.5) is 0 Å². The Hall–Kier alpha value is -0.0800. The Bertz CT molecular complexity index is 268. The number of hydrogen-bond acceptors (Lipinski definition) is 2. The van der Waals surface area contributed by atoms with Crippen molar-refractivity contribution in [3.8, 4) is 0 Å². The quantitative estimate of drug-likeness (QED) is 0.834. The van der Waals surface area contributed by atoms with E-state index in [1.807, 2.05) is 0 Å². The van der Waals surface area contributed by atoms with Crippen LogP contribution in [0, 0.1) is 11.3 Å². The van der Waals surface area contributed by atoms with Gasteiger partial charge in [0.15, 0.2) is 0 Å². The molecule has 2 atom stereocenters. The maximum atomic E-state index is 6.19. The Balaban J connectivity index is 2.02. The van der Waals surface area contributed by atoms with Gasteiger partial charge in [-0.1, -0.05) is 40.0 Å². The van der Waals surface area contributed by atoms with E-state index in [1.165, 1.54) is 58.0 Å². The van der Waals surface area contributed by atoms with Crippen molar-refractivity contribution in [1.82, 2.24) is 4.90 Å². The van der Waals surface area contributed by atoms with Crippen LogP contribution in [0.15, 0.2) is 0 Å². The van der Waals surface area contributed by atoms with E-state index in [4.69, 9.17) is 5.73 Å². The molecule has 106 valence electrons. The second-order valence-corrected chi connectivity index (χ2v) is 7.28. The molecule has 1 saturated carbocycles. The van der Waals surface area contributed by atoms with E-state index in [2.05, 4.69) is 25.7 Å². The lowest BCUT2D eigenvalue weighted by atomic mass is 9.72. The molecular formula is C16H32N2. The molecule has 2 rings (SSSR count). The number of nitrogens with zero attached hydrogens (tertiary/aromatic N) is 1. The molecule has 2 unspecified atom stereocenters. The smallest absolute Gasteiger partial charge is 0.0334 e. The molecule has 0 bridgehead atoms. The van der Waals surface area contributed by atoms with Gasteiger partial charge >= 0.3 is 0 Å². The minimum absolute atomic E-state index is 0.340. The number of hydrogen-bond donors (Lipinski definition) is 1. The highest BCUT2D eigenvalue weighted by Gasteiger charge is 2.42. The van der Waals surface area contributed by atoms with E-state index in [-0.39, 0.29) is 0 Å². The second-order valence-electron chi connectivity index (χ2n) is 7.28. The van der Waals surface area contributed by atoms with Gasteiger partial charge < -0.3 is 5.73 Å². The van der Waals surface area contributed by atoms with Crippen molar-refractivity contribution in [3.05, 3.63) is 0 Å². The highest BCUT2D eigenvalue weighted by Crippen LogP contribution is 2.41. The minimum Gasteiger partial charge on any atom is -0.329 e. The van der Waals surface area contributed by atoms with Crippen molar-refractivity contribution in [3.63, 3.8) is 0 Å². The van der Waals surface area contributed by atoms with Crippen molar-refractivity contribution in [2.24, 2.45) is 17.1 Å². The third kappa shape index (κ3) is 2.75. The number of piperidine rings is 1. The SMILES string of the molecule is CCC1(C)CCN(C2(CN)CCCC(C)C2)CC1.